The Balaban J connectivity index is 2.50. The second-order valence-electron chi connectivity index (χ2n) is 3.45. The number of ether oxygens (including phenoxy) is 1. The van der Waals surface area contributed by atoms with Gasteiger partial charge >= 0.3 is 5.97 Å². The molecule has 1 atom stereocenters. The van der Waals surface area contributed by atoms with Gasteiger partial charge in [-0.15, -0.1) is 0 Å². The van der Waals surface area contributed by atoms with Gasteiger partial charge in [0.15, 0.2) is 0 Å². The van der Waals surface area contributed by atoms with Crippen molar-refractivity contribution in [2.75, 3.05) is 6.67 Å². The molecule has 2 nitrogen and oxygen atoms in total. The molecule has 1 unspecified atom stereocenters. The van der Waals surface area contributed by atoms with E-state index in [1.807, 2.05) is 18.2 Å². The van der Waals surface area contributed by atoms with Crippen LogP contribution >= 0.6 is 0 Å². The maximum Gasteiger partial charge on any atom is 0.339 e. The van der Waals surface area contributed by atoms with Crippen LogP contribution in [0.25, 0.3) is 5.57 Å². The topological polar surface area (TPSA) is 26.3 Å². The van der Waals surface area contributed by atoms with Crippen LogP contribution in [-0.4, -0.2) is 18.7 Å². The molecule has 0 fully saturated rings. The van der Waals surface area contributed by atoms with Crippen LogP contribution in [0.5, 0.6) is 0 Å². The lowest BCUT2D eigenvalue weighted by atomic mass is 10.0. The molecule has 15 heavy (non-hydrogen) atoms. The highest BCUT2D eigenvalue weighted by Gasteiger charge is 2.31. The maximum absolute atomic E-state index is 12.8. The van der Waals surface area contributed by atoms with Gasteiger partial charge in [-0.2, -0.15) is 0 Å². The van der Waals surface area contributed by atoms with E-state index in [1.165, 1.54) is 0 Å². The number of alkyl halides is 1. The van der Waals surface area contributed by atoms with E-state index in [4.69, 9.17) is 4.74 Å². The van der Waals surface area contributed by atoms with Crippen LogP contribution in [0, 0.1) is 0 Å². The number of carbonyl (C=O) groups excluding carboxylic acids is 1. The Labute approximate surface area is 87.4 Å². The van der Waals surface area contributed by atoms with Crippen LogP contribution in [0.15, 0.2) is 35.9 Å². The molecule has 0 amide bonds. The van der Waals surface area contributed by atoms with E-state index in [-0.39, 0.29) is 0 Å². The molecule has 2 rings (SSSR count). The molecule has 1 aliphatic heterocycles. The lowest BCUT2D eigenvalue weighted by Crippen LogP contribution is -2.06. The summed E-state index contributed by atoms with van der Waals surface area (Å²) in [4.78, 5) is 11.5. The minimum atomic E-state index is -0.642. The fourth-order valence-electron chi connectivity index (χ4n) is 1.71. The third kappa shape index (κ3) is 1.65. The molecule has 0 radical (unpaired) electrons. The fourth-order valence-corrected chi connectivity index (χ4v) is 1.71. The molecule has 1 heterocycles. The van der Waals surface area contributed by atoms with Gasteiger partial charge in [-0.05, 0) is 12.5 Å². The van der Waals surface area contributed by atoms with Gasteiger partial charge in [-0.1, -0.05) is 30.3 Å². The number of esters is 1. The normalized spacial score (nSPS) is 20.7. The molecule has 78 valence electrons. The molecule has 0 aromatic heterocycles. The Kier molecular flexibility index (Phi) is 2.54. The first kappa shape index (κ1) is 9.90. The Bertz CT molecular complexity index is 409. The van der Waals surface area contributed by atoms with E-state index in [1.54, 1.807) is 19.1 Å². The monoisotopic (exact) mass is 206 g/mol. The largest absolute Gasteiger partial charge is 0.454 e. The molecule has 0 spiro atoms. The van der Waals surface area contributed by atoms with Gasteiger partial charge in [-0.25, -0.2) is 9.18 Å². The van der Waals surface area contributed by atoms with E-state index < -0.39 is 18.7 Å². The van der Waals surface area contributed by atoms with Crippen LogP contribution in [-0.2, 0) is 9.53 Å². The molecule has 0 saturated heterocycles. The SMILES string of the molecule is CC1OC(=O)C(c2ccccc2)=C1CF. The second-order valence-corrected chi connectivity index (χ2v) is 3.45. The molecule has 0 bridgehead atoms. The molecule has 1 aromatic rings. The van der Waals surface area contributed by atoms with Gasteiger partial charge in [0.2, 0.25) is 0 Å². The first-order valence-electron chi connectivity index (χ1n) is 4.79. The van der Waals surface area contributed by atoms with Crippen molar-refractivity contribution < 1.29 is 13.9 Å². The maximum atomic E-state index is 12.8. The average molecular weight is 206 g/mol. The highest BCUT2D eigenvalue weighted by molar-refractivity contribution is 6.19. The highest BCUT2D eigenvalue weighted by Crippen LogP contribution is 2.30. The van der Waals surface area contributed by atoms with Crippen molar-refractivity contribution in [2.45, 2.75) is 13.0 Å². The predicted octanol–water partition coefficient (Wildman–Crippen LogP) is 2.36. The number of benzene rings is 1. The van der Waals surface area contributed by atoms with Crippen LogP contribution in [0.1, 0.15) is 12.5 Å². The summed E-state index contributed by atoms with van der Waals surface area (Å²) in [6.45, 7) is 1.04. The number of halogens is 1. The van der Waals surface area contributed by atoms with Crippen molar-refractivity contribution in [1.29, 1.82) is 0 Å². The molecule has 1 aliphatic rings. The van der Waals surface area contributed by atoms with Crippen LogP contribution in [0.3, 0.4) is 0 Å². The van der Waals surface area contributed by atoms with E-state index in [2.05, 4.69) is 0 Å². The Morgan fingerprint density at radius 1 is 1.33 bits per heavy atom. The Morgan fingerprint density at radius 3 is 2.60 bits per heavy atom. The molecule has 3 heteroatoms. The zero-order chi connectivity index (χ0) is 10.8. The molecule has 0 aliphatic carbocycles. The number of hydrogen-bond donors (Lipinski definition) is 0. The number of hydrogen-bond acceptors (Lipinski definition) is 2. The van der Waals surface area contributed by atoms with Crippen molar-refractivity contribution in [2.24, 2.45) is 0 Å². The summed E-state index contributed by atoms with van der Waals surface area (Å²) in [6.07, 6.45) is -0.447. The molecular weight excluding hydrogens is 195 g/mol. The summed E-state index contributed by atoms with van der Waals surface area (Å²) in [5.41, 5.74) is 1.54. The van der Waals surface area contributed by atoms with Gasteiger partial charge < -0.3 is 4.74 Å². The second kappa shape index (κ2) is 3.85. The van der Waals surface area contributed by atoms with Gasteiger partial charge in [0.25, 0.3) is 0 Å². The van der Waals surface area contributed by atoms with E-state index in [0.717, 1.165) is 5.56 Å². The van der Waals surface area contributed by atoms with Crippen molar-refractivity contribution in [1.82, 2.24) is 0 Å². The minimum Gasteiger partial charge on any atom is -0.454 e. The van der Waals surface area contributed by atoms with Gasteiger partial charge in [0.1, 0.15) is 12.8 Å². The summed E-state index contributed by atoms with van der Waals surface area (Å²) in [6, 6.07) is 9.04. The minimum absolute atomic E-state index is 0.380. The summed E-state index contributed by atoms with van der Waals surface area (Å²) in [5.74, 6) is -0.429. The molecule has 1 aromatic carbocycles. The Morgan fingerprint density at radius 2 is 2.00 bits per heavy atom. The lowest BCUT2D eigenvalue weighted by molar-refractivity contribution is -0.137. The lowest BCUT2D eigenvalue weighted by Gasteiger charge is -2.03. The first-order valence-corrected chi connectivity index (χ1v) is 4.79. The van der Waals surface area contributed by atoms with E-state index in [0.29, 0.717) is 11.1 Å². The van der Waals surface area contributed by atoms with Crippen molar-refractivity contribution in [3.05, 3.63) is 41.5 Å². The van der Waals surface area contributed by atoms with Crippen LogP contribution in [0.4, 0.5) is 4.39 Å². The number of cyclic esters (lactones) is 1. The standard InChI is InChI=1S/C12H11FO2/c1-8-10(7-13)11(12(14)15-8)9-5-3-2-4-6-9/h2-6,8H,7H2,1H3. The average Bonchev–Trinajstić information content (AvgIpc) is 2.54. The quantitative estimate of drug-likeness (QED) is 0.694. The highest BCUT2D eigenvalue weighted by atomic mass is 19.1. The fraction of sp³-hybridized carbons (Fsp3) is 0.250. The van der Waals surface area contributed by atoms with Crippen LogP contribution in [0.2, 0.25) is 0 Å². The molecule has 0 saturated carbocycles. The third-order valence-electron chi connectivity index (χ3n) is 2.51. The van der Waals surface area contributed by atoms with Crippen LogP contribution < -0.4 is 0 Å². The van der Waals surface area contributed by atoms with Crippen molar-refractivity contribution in [3.8, 4) is 0 Å². The summed E-state index contributed by atoms with van der Waals surface area (Å²) >= 11 is 0. The zero-order valence-electron chi connectivity index (χ0n) is 8.37. The van der Waals surface area contributed by atoms with Crippen molar-refractivity contribution >= 4 is 11.5 Å². The van der Waals surface area contributed by atoms with E-state index >= 15 is 0 Å². The van der Waals surface area contributed by atoms with E-state index in [9.17, 15) is 9.18 Å². The molecular formula is C12H11FO2. The molecule has 0 N–H and O–H groups in total. The van der Waals surface area contributed by atoms with Gasteiger partial charge in [0.05, 0.1) is 5.57 Å². The van der Waals surface area contributed by atoms with Gasteiger partial charge in [0, 0.05) is 5.57 Å². The number of carbonyl (C=O) groups is 1. The Hall–Kier alpha value is -1.64. The van der Waals surface area contributed by atoms with Gasteiger partial charge in [-0.3, -0.25) is 0 Å². The van der Waals surface area contributed by atoms with Crippen molar-refractivity contribution in [3.63, 3.8) is 0 Å². The zero-order valence-corrected chi connectivity index (χ0v) is 8.37. The third-order valence-corrected chi connectivity index (χ3v) is 2.51. The predicted molar refractivity (Wildman–Crippen MR) is 54.9 cm³/mol. The summed E-state index contributed by atoms with van der Waals surface area (Å²) < 4.78 is 17.7. The smallest absolute Gasteiger partial charge is 0.339 e. The first-order chi connectivity index (χ1) is 7.24. The number of rotatable bonds is 2. The summed E-state index contributed by atoms with van der Waals surface area (Å²) in [5, 5.41) is 0. The summed E-state index contributed by atoms with van der Waals surface area (Å²) in [7, 11) is 0.